The maximum absolute atomic E-state index is 13.9. The minimum Gasteiger partial charge on any atom is -0.489 e. The third kappa shape index (κ3) is 25.2. The zero-order valence-corrected chi connectivity index (χ0v) is 51.4. The van der Waals surface area contributed by atoms with Gasteiger partial charge in [0.05, 0.1) is 39.3 Å². The van der Waals surface area contributed by atoms with Crippen LogP contribution in [0.3, 0.4) is 0 Å². The number of nitrogens with zero attached hydrogens (tertiary/aromatic N) is 2. The lowest BCUT2D eigenvalue weighted by atomic mass is 10.1. The molecule has 8 aromatic carbocycles. The van der Waals surface area contributed by atoms with E-state index in [9.17, 15) is 29.4 Å². The molecule has 0 aliphatic rings. The molecule has 0 heterocycles. The van der Waals surface area contributed by atoms with Gasteiger partial charge in [-0.15, -0.1) is 0 Å². The molecule has 0 fully saturated rings. The van der Waals surface area contributed by atoms with Gasteiger partial charge < -0.3 is 54.0 Å². The highest BCUT2D eigenvalue weighted by atomic mass is 16.5. The van der Waals surface area contributed by atoms with Crippen molar-refractivity contribution < 1.29 is 62.5 Å². The molecule has 0 aliphatic heterocycles. The monoisotopic (exact) mass is 1230 g/mol. The second-order valence-corrected chi connectivity index (χ2v) is 21.8. The molecule has 17 nitrogen and oxygen atoms in total. The third-order valence-corrected chi connectivity index (χ3v) is 14.7. The number of hydrogen-bond donors (Lipinski definition) is 4. The van der Waals surface area contributed by atoms with E-state index in [1.165, 1.54) is 0 Å². The van der Waals surface area contributed by atoms with Crippen LogP contribution in [-0.4, -0.2) is 109 Å². The SMILES string of the molecule is O=C(O)C[C@@H](C(=O)NCCCOCCOCCOCCCNC(=O)[C@H](CC(=O)O)N(Cc1ccc(OCc2ccccc2)cc1)Cc1ccc(OCc2ccccc2)cc1)N(Cc1ccc(OCc2ccccc2)cc1)Cc1ccc(OCc2ccccc2)cc1. The minimum atomic E-state index is -1.09. The van der Waals surface area contributed by atoms with Gasteiger partial charge in [0.25, 0.3) is 0 Å². The molecule has 0 aromatic heterocycles. The molecule has 0 spiro atoms. The Labute approximate surface area is 533 Å². The Morgan fingerprint density at radius 1 is 0.319 bits per heavy atom. The topological polar surface area (TPSA) is 204 Å². The second-order valence-electron chi connectivity index (χ2n) is 21.8. The van der Waals surface area contributed by atoms with Gasteiger partial charge in [-0.1, -0.05) is 170 Å². The summed E-state index contributed by atoms with van der Waals surface area (Å²) in [5.41, 5.74) is 7.72. The lowest BCUT2D eigenvalue weighted by molar-refractivity contribution is -0.142. The summed E-state index contributed by atoms with van der Waals surface area (Å²) in [6.45, 7) is 5.39. The summed E-state index contributed by atoms with van der Waals surface area (Å²) in [4.78, 5) is 56.3. The molecule has 0 aliphatic carbocycles. The summed E-state index contributed by atoms with van der Waals surface area (Å²) in [5.74, 6) is -0.210. The van der Waals surface area contributed by atoms with Crippen LogP contribution >= 0.6 is 0 Å². The number of carboxylic acid groups (broad SMARTS) is 2. The second kappa shape index (κ2) is 38.2. The lowest BCUT2D eigenvalue weighted by Gasteiger charge is -2.30. The first-order chi connectivity index (χ1) is 44.6. The predicted molar refractivity (Wildman–Crippen MR) is 347 cm³/mol. The van der Waals surface area contributed by atoms with E-state index in [0.29, 0.717) is 128 Å². The van der Waals surface area contributed by atoms with Gasteiger partial charge in [-0.05, 0) is 106 Å². The van der Waals surface area contributed by atoms with Crippen LogP contribution in [0.1, 0.15) is 70.2 Å². The molecule has 2 atom stereocenters. The highest BCUT2D eigenvalue weighted by molar-refractivity contribution is 5.86. The van der Waals surface area contributed by atoms with Gasteiger partial charge in [0, 0.05) is 52.5 Å². The lowest BCUT2D eigenvalue weighted by Crippen LogP contribution is -2.47. The smallest absolute Gasteiger partial charge is 0.305 e. The van der Waals surface area contributed by atoms with Gasteiger partial charge in [0.1, 0.15) is 61.5 Å². The Hall–Kier alpha value is -9.36. The molecule has 0 saturated carbocycles. The molecule has 0 unspecified atom stereocenters. The van der Waals surface area contributed by atoms with E-state index in [1.54, 1.807) is 0 Å². The number of nitrogens with one attached hydrogen (secondary N) is 2. The molecule has 476 valence electrons. The van der Waals surface area contributed by atoms with E-state index in [4.69, 9.17) is 33.2 Å². The summed E-state index contributed by atoms with van der Waals surface area (Å²) in [7, 11) is 0. The van der Waals surface area contributed by atoms with Gasteiger partial charge in [-0.2, -0.15) is 0 Å². The largest absolute Gasteiger partial charge is 0.489 e. The molecule has 2 amide bonds. The van der Waals surface area contributed by atoms with E-state index in [2.05, 4.69) is 10.6 Å². The number of aliphatic carboxylic acids is 2. The summed E-state index contributed by atoms with van der Waals surface area (Å²) in [6.07, 6.45) is 0.182. The van der Waals surface area contributed by atoms with Gasteiger partial charge >= 0.3 is 11.9 Å². The Morgan fingerprint density at radius 3 is 0.802 bits per heavy atom. The number of carboxylic acids is 2. The Kier molecular flexibility index (Phi) is 28.4. The number of benzene rings is 8. The number of ether oxygens (including phenoxy) is 7. The quantitative estimate of drug-likeness (QED) is 0.0263. The maximum atomic E-state index is 13.9. The molecular weight excluding hydrogens is 1150 g/mol. The number of carbonyl (C=O) groups excluding carboxylic acids is 2. The van der Waals surface area contributed by atoms with Gasteiger partial charge in [0.15, 0.2) is 0 Å². The average Bonchev–Trinajstić information content (AvgIpc) is 2.28. The fraction of sp³-hybridized carbons (Fsp3) is 0.297. The zero-order chi connectivity index (χ0) is 63.5. The van der Waals surface area contributed by atoms with Crippen molar-refractivity contribution in [3.05, 3.63) is 263 Å². The van der Waals surface area contributed by atoms with E-state index in [1.807, 2.05) is 228 Å². The van der Waals surface area contributed by atoms with Crippen molar-refractivity contribution in [3.63, 3.8) is 0 Å². The standard InChI is InChI=1S/C74H82N4O13/c79-71(80)47-69(77(49-57-23-31-65(32-24-57)88-53-61-15-5-1-6-16-61)50-58-25-33-66(34-26-58)89-54-62-17-7-2-8-18-62)73(83)75-39-13-41-85-43-45-87-46-44-86-42-14-40-76-74(84)70(48-72(81)82)78(51-59-27-35-67(36-28-59)90-55-63-19-9-3-10-20-63)52-60-29-37-68(38-30-60)91-56-64-21-11-4-12-22-64/h1-12,15-38,69-70H,13-14,39-56H2,(H,75,83)(H,76,84)(H,79,80)(H,81,82)/t69-,70-/m0/s1. The number of hydrogen-bond acceptors (Lipinski definition) is 13. The third-order valence-electron chi connectivity index (χ3n) is 14.7. The fourth-order valence-corrected chi connectivity index (χ4v) is 9.87. The molecule has 8 rings (SSSR count). The van der Waals surface area contributed by atoms with Crippen molar-refractivity contribution in [2.24, 2.45) is 0 Å². The first-order valence-corrected chi connectivity index (χ1v) is 30.8. The van der Waals surface area contributed by atoms with Crippen LogP contribution in [0.2, 0.25) is 0 Å². The first kappa shape index (κ1) is 67.6. The van der Waals surface area contributed by atoms with Gasteiger partial charge in [0.2, 0.25) is 11.8 Å². The van der Waals surface area contributed by atoms with E-state index in [0.717, 1.165) is 44.5 Å². The van der Waals surface area contributed by atoms with E-state index < -0.39 is 48.7 Å². The van der Waals surface area contributed by atoms with Crippen LogP contribution < -0.4 is 29.6 Å². The van der Waals surface area contributed by atoms with Crippen molar-refractivity contribution in [3.8, 4) is 23.0 Å². The Balaban J connectivity index is 0.744. The number of rotatable bonds is 42. The zero-order valence-electron chi connectivity index (χ0n) is 51.4. The molecule has 8 aromatic rings. The molecule has 0 saturated heterocycles. The Bertz CT molecular complexity index is 2960. The van der Waals surface area contributed by atoms with Crippen molar-refractivity contribution >= 4 is 23.8 Å². The highest BCUT2D eigenvalue weighted by Crippen LogP contribution is 2.24. The molecule has 0 bridgehead atoms. The molecule has 0 radical (unpaired) electrons. The van der Waals surface area contributed by atoms with Crippen molar-refractivity contribution in [1.29, 1.82) is 0 Å². The Morgan fingerprint density at radius 2 is 0.560 bits per heavy atom. The highest BCUT2D eigenvalue weighted by Gasteiger charge is 2.30. The summed E-state index contributed by atoms with van der Waals surface area (Å²) < 4.78 is 41.3. The molecule has 17 heteroatoms. The minimum absolute atomic E-state index is 0.277. The van der Waals surface area contributed by atoms with Crippen LogP contribution in [-0.2, 0) is 86.0 Å². The summed E-state index contributed by atoms with van der Waals surface area (Å²) >= 11 is 0. The molecule has 4 N–H and O–H groups in total. The number of amides is 2. The van der Waals surface area contributed by atoms with Crippen molar-refractivity contribution in [1.82, 2.24) is 20.4 Å². The molecule has 91 heavy (non-hydrogen) atoms. The normalized spacial score (nSPS) is 11.8. The van der Waals surface area contributed by atoms with Crippen LogP contribution in [0.5, 0.6) is 23.0 Å². The first-order valence-electron chi connectivity index (χ1n) is 30.8. The van der Waals surface area contributed by atoms with Crippen LogP contribution in [0.15, 0.2) is 218 Å². The molecular formula is C74H82N4O13. The van der Waals surface area contributed by atoms with Crippen molar-refractivity contribution in [2.45, 2.75) is 90.4 Å². The van der Waals surface area contributed by atoms with E-state index >= 15 is 0 Å². The van der Waals surface area contributed by atoms with Crippen LogP contribution in [0.4, 0.5) is 0 Å². The maximum Gasteiger partial charge on any atom is 0.305 e. The van der Waals surface area contributed by atoms with Crippen LogP contribution in [0.25, 0.3) is 0 Å². The van der Waals surface area contributed by atoms with E-state index in [-0.39, 0.29) is 13.1 Å². The summed E-state index contributed by atoms with van der Waals surface area (Å²) in [5, 5.41) is 26.1. The predicted octanol–water partition coefficient (Wildman–Crippen LogP) is 11.5. The van der Waals surface area contributed by atoms with Crippen LogP contribution in [0, 0.1) is 0 Å². The van der Waals surface area contributed by atoms with Gasteiger partial charge in [-0.25, -0.2) is 0 Å². The summed E-state index contributed by atoms with van der Waals surface area (Å²) in [6, 6.07) is 68.1. The number of carbonyl (C=O) groups is 4. The fourth-order valence-electron chi connectivity index (χ4n) is 9.87. The van der Waals surface area contributed by atoms with Crippen molar-refractivity contribution in [2.75, 3.05) is 52.7 Å². The average molecular weight is 1240 g/mol. The van der Waals surface area contributed by atoms with Gasteiger partial charge in [-0.3, -0.25) is 29.0 Å².